The summed E-state index contributed by atoms with van der Waals surface area (Å²) in [6, 6.07) is 14.0. The van der Waals surface area contributed by atoms with Gasteiger partial charge in [-0.25, -0.2) is 9.66 Å². The predicted octanol–water partition coefficient (Wildman–Crippen LogP) is 4.98. The summed E-state index contributed by atoms with van der Waals surface area (Å²) in [5, 5.41) is 3.69. The number of thioether (sulfide) groups is 1. The summed E-state index contributed by atoms with van der Waals surface area (Å²) >= 11 is 2.15. The van der Waals surface area contributed by atoms with Gasteiger partial charge in [-0.3, -0.25) is 9.59 Å². The molecule has 6 nitrogen and oxygen atoms in total. The lowest BCUT2D eigenvalue weighted by atomic mass is 10.1. The smallest absolute Gasteiger partial charge is 0.334 e. The number of rotatable bonds is 5. The summed E-state index contributed by atoms with van der Waals surface area (Å²) in [5.41, 5.74) is -0.213. The number of anilines is 1. The molecule has 0 fully saturated rings. The fourth-order valence-corrected chi connectivity index (χ4v) is 5.00. The number of fused-ring (bicyclic) bond motifs is 1. The van der Waals surface area contributed by atoms with Crippen molar-refractivity contribution in [1.82, 2.24) is 9.66 Å². The molecular formula is C22H17F3N4O2S2. The molecule has 33 heavy (non-hydrogen) atoms. The van der Waals surface area contributed by atoms with Gasteiger partial charge in [0.15, 0.2) is 5.16 Å². The Balaban J connectivity index is 1.60. The van der Waals surface area contributed by atoms with E-state index in [2.05, 4.69) is 10.3 Å². The molecule has 0 saturated heterocycles. The van der Waals surface area contributed by atoms with Gasteiger partial charge in [0, 0.05) is 10.9 Å². The Bertz CT molecular complexity index is 1380. The third-order valence-corrected chi connectivity index (χ3v) is 6.77. The average molecular weight is 491 g/mol. The number of aromatic nitrogens is 2. The van der Waals surface area contributed by atoms with Gasteiger partial charge in [0.25, 0.3) is 5.56 Å². The van der Waals surface area contributed by atoms with Crippen molar-refractivity contribution < 1.29 is 18.0 Å². The van der Waals surface area contributed by atoms with E-state index >= 15 is 0 Å². The normalized spacial score (nSPS) is 12.6. The van der Waals surface area contributed by atoms with Crippen LogP contribution in [-0.4, -0.2) is 20.8 Å². The number of para-hydroxylation sites is 1. The number of hydrogen-bond acceptors (Lipinski definition) is 6. The molecule has 0 aliphatic rings. The highest BCUT2D eigenvalue weighted by Crippen LogP contribution is 2.35. The molecule has 0 spiro atoms. The highest BCUT2D eigenvalue weighted by atomic mass is 32.2. The first-order valence-corrected chi connectivity index (χ1v) is 11.4. The molecular weight excluding hydrogens is 473 g/mol. The van der Waals surface area contributed by atoms with Crippen LogP contribution < -0.4 is 16.7 Å². The van der Waals surface area contributed by atoms with Crippen LogP contribution >= 0.6 is 23.1 Å². The molecule has 2 aromatic carbocycles. The van der Waals surface area contributed by atoms with Gasteiger partial charge in [-0.1, -0.05) is 54.2 Å². The van der Waals surface area contributed by atoms with Crippen molar-refractivity contribution in [1.29, 1.82) is 0 Å². The molecule has 1 unspecified atom stereocenters. The largest absolute Gasteiger partial charge is 0.418 e. The SMILES string of the molecule is CC(Sc1nc2scc(-c3ccccc3)c2c(=O)n1N)C(=O)Nc1ccccc1C(F)(F)F. The zero-order valence-corrected chi connectivity index (χ0v) is 18.7. The van der Waals surface area contributed by atoms with Gasteiger partial charge in [0.1, 0.15) is 4.83 Å². The Morgan fingerprint density at radius 1 is 1.15 bits per heavy atom. The van der Waals surface area contributed by atoms with Crippen molar-refractivity contribution in [3.63, 3.8) is 0 Å². The minimum Gasteiger partial charge on any atom is -0.334 e. The molecule has 1 atom stereocenters. The van der Waals surface area contributed by atoms with Gasteiger partial charge in [-0.2, -0.15) is 13.2 Å². The minimum absolute atomic E-state index is 0.0840. The number of nitrogen functional groups attached to an aromatic ring is 1. The second-order valence-electron chi connectivity index (χ2n) is 7.06. The molecule has 0 aliphatic carbocycles. The second kappa shape index (κ2) is 8.91. The first-order chi connectivity index (χ1) is 15.7. The van der Waals surface area contributed by atoms with Crippen molar-refractivity contribution >= 4 is 44.9 Å². The van der Waals surface area contributed by atoms with Gasteiger partial charge < -0.3 is 11.2 Å². The molecule has 0 bridgehead atoms. The zero-order chi connectivity index (χ0) is 23.8. The first kappa shape index (κ1) is 22.9. The number of nitrogens with zero attached hydrogens (tertiary/aromatic N) is 2. The van der Waals surface area contributed by atoms with E-state index in [1.165, 1.54) is 36.5 Å². The zero-order valence-electron chi connectivity index (χ0n) is 17.1. The minimum atomic E-state index is -4.61. The molecule has 0 radical (unpaired) electrons. The van der Waals surface area contributed by atoms with E-state index in [1.807, 2.05) is 35.7 Å². The molecule has 4 rings (SSSR count). The van der Waals surface area contributed by atoms with Gasteiger partial charge in [0.2, 0.25) is 5.91 Å². The molecule has 4 aromatic rings. The Kier molecular flexibility index (Phi) is 6.17. The fraction of sp³-hybridized carbons (Fsp3) is 0.136. The van der Waals surface area contributed by atoms with Gasteiger partial charge in [-0.15, -0.1) is 11.3 Å². The Morgan fingerprint density at radius 2 is 1.82 bits per heavy atom. The second-order valence-corrected chi connectivity index (χ2v) is 9.22. The van der Waals surface area contributed by atoms with Crippen LogP contribution in [0.1, 0.15) is 12.5 Å². The first-order valence-electron chi connectivity index (χ1n) is 9.65. The van der Waals surface area contributed by atoms with E-state index in [9.17, 15) is 22.8 Å². The molecule has 2 heterocycles. The Labute approximate surface area is 194 Å². The summed E-state index contributed by atoms with van der Waals surface area (Å²) in [5.74, 6) is 5.30. The third-order valence-electron chi connectivity index (χ3n) is 4.83. The summed E-state index contributed by atoms with van der Waals surface area (Å²) in [7, 11) is 0. The van der Waals surface area contributed by atoms with Crippen molar-refractivity contribution in [2.75, 3.05) is 11.2 Å². The van der Waals surface area contributed by atoms with Crippen LogP contribution in [0.3, 0.4) is 0 Å². The summed E-state index contributed by atoms with van der Waals surface area (Å²) in [6.07, 6.45) is -4.61. The number of thiophene rings is 1. The van der Waals surface area contributed by atoms with Crippen LogP contribution in [0.4, 0.5) is 18.9 Å². The molecule has 1 amide bonds. The van der Waals surface area contributed by atoms with E-state index in [1.54, 1.807) is 0 Å². The molecule has 0 saturated carbocycles. The average Bonchev–Trinajstić information content (AvgIpc) is 3.21. The fourth-order valence-electron chi connectivity index (χ4n) is 3.18. The number of nitrogens with two attached hydrogens (primary N) is 1. The standard InChI is InChI=1S/C22H17F3N4O2S2/c1-12(18(30)27-16-10-6-5-9-15(16)22(23,24)25)33-21-28-19-17(20(31)29(21)26)14(11-32-19)13-7-3-2-4-8-13/h2-12H,26H2,1H3,(H,27,30). The van der Waals surface area contributed by atoms with E-state index < -0.39 is 28.5 Å². The maximum Gasteiger partial charge on any atom is 0.418 e. The Hall–Kier alpha value is -3.31. The van der Waals surface area contributed by atoms with Crippen molar-refractivity contribution in [3.8, 4) is 11.1 Å². The van der Waals surface area contributed by atoms with E-state index in [0.717, 1.165) is 28.1 Å². The van der Waals surface area contributed by atoms with Crippen molar-refractivity contribution in [2.24, 2.45) is 0 Å². The van der Waals surface area contributed by atoms with Gasteiger partial charge >= 0.3 is 6.18 Å². The monoisotopic (exact) mass is 490 g/mol. The third kappa shape index (κ3) is 4.60. The Morgan fingerprint density at radius 3 is 2.52 bits per heavy atom. The van der Waals surface area contributed by atoms with Crippen LogP contribution in [0, 0.1) is 0 Å². The van der Waals surface area contributed by atoms with Crippen LogP contribution in [-0.2, 0) is 11.0 Å². The molecule has 11 heteroatoms. The highest BCUT2D eigenvalue weighted by molar-refractivity contribution is 8.00. The lowest BCUT2D eigenvalue weighted by Gasteiger charge is -2.16. The number of benzene rings is 2. The maximum atomic E-state index is 13.2. The summed E-state index contributed by atoms with van der Waals surface area (Å²) < 4.78 is 40.5. The number of nitrogens with one attached hydrogen (secondary N) is 1. The molecule has 0 aliphatic heterocycles. The number of amides is 1. The summed E-state index contributed by atoms with van der Waals surface area (Å²) in [6.45, 7) is 1.50. The lowest BCUT2D eigenvalue weighted by Crippen LogP contribution is -2.31. The molecule has 2 aromatic heterocycles. The summed E-state index contributed by atoms with van der Waals surface area (Å²) in [4.78, 5) is 30.4. The van der Waals surface area contributed by atoms with Crippen molar-refractivity contribution in [3.05, 3.63) is 75.9 Å². The molecule has 170 valence electrons. The lowest BCUT2D eigenvalue weighted by molar-refractivity contribution is -0.137. The van der Waals surface area contributed by atoms with Crippen LogP contribution in [0.25, 0.3) is 21.3 Å². The number of hydrogen-bond donors (Lipinski definition) is 2. The number of carbonyl (C=O) groups is 1. The van der Waals surface area contributed by atoms with Crippen molar-refractivity contribution in [2.45, 2.75) is 23.5 Å². The van der Waals surface area contributed by atoms with E-state index in [4.69, 9.17) is 5.84 Å². The number of halogens is 3. The van der Waals surface area contributed by atoms with E-state index in [-0.39, 0.29) is 10.8 Å². The van der Waals surface area contributed by atoms with E-state index in [0.29, 0.717) is 15.8 Å². The topological polar surface area (TPSA) is 90.0 Å². The highest BCUT2D eigenvalue weighted by Gasteiger charge is 2.34. The number of alkyl halides is 3. The van der Waals surface area contributed by atoms with Gasteiger partial charge in [-0.05, 0) is 24.6 Å². The van der Waals surface area contributed by atoms with Crippen LogP contribution in [0.2, 0.25) is 0 Å². The predicted molar refractivity (Wildman–Crippen MR) is 125 cm³/mol. The quantitative estimate of drug-likeness (QED) is 0.234. The van der Waals surface area contributed by atoms with Crippen LogP contribution in [0.15, 0.2) is 69.9 Å². The molecule has 3 N–H and O–H groups in total. The maximum absolute atomic E-state index is 13.2. The number of carbonyl (C=O) groups excluding carboxylic acids is 1. The van der Waals surface area contributed by atoms with Crippen LogP contribution in [0.5, 0.6) is 0 Å². The van der Waals surface area contributed by atoms with Gasteiger partial charge in [0.05, 0.1) is 21.9 Å².